The minimum absolute atomic E-state index is 0. The molecule has 0 bridgehead atoms. The number of ether oxygens (including phenoxy) is 1. The Morgan fingerprint density at radius 2 is 2.05 bits per heavy atom. The summed E-state index contributed by atoms with van der Waals surface area (Å²) in [5.41, 5.74) is 6.47. The molecule has 1 fully saturated rings. The van der Waals surface area contributed by atoms with Crippen molar-refractivity contribution in [3.63, 3.8) is 0 Å². The molecule has 0 saturated carbocycles. The SMILES string of the molecule is Br.CCOC(=O)C1CSC(c2ccccc2)N1C(=O)CN. The van der Waals surface area contributed by atoms with E-state index in [0.717, 1.165) is 5.56 Å². The van der Waals surface area contributed by atoms with E-state index in [2.05, 4.69) is 0 Å². The summed E-state index contributed by atoms with van der Waals surface area (Å²) in [6.45, 7) is 1.95. The van der Waals surface area contributed by atoms with Gasteiger partial charge in [-0.05, 0) is 12.5 Å². The van der Waals surface area contributed by atoms with Gasteiger partial charge in [-0.25, -0.2) is 4.79 Å². The molecular weight excluding hydrogens is 356 g/mol. The van der Waals surface area contributed by atoms with Crippen LogP contribution >= 0.6 is 28.7 Å². The summed E-state index contributed by atoms with van der Waals surface area (Å²) in [6.07, 6.45) is 0. The Morgan fingerprint density at radius 1 is 1.38 bits per heavy atom. The molecule has 21 heavy (non-hydrogen) atoms. The molecule has 1 aromatic carbocycles. The summed E-state index contributed by atoms with van der Waals surface area (Å²) in [6, 6.07) is 9.09. The molecule has 2 atom stereocenters. The zero-order valence-corrected chi connectivity index (χ0v) is 14.3. The average molecular weight is 375 g/mol. The maximum atomic E-state index is 12.1. The van der Waals surface area contributed by atoms with Crippen LogP contribution in [0.5, 0.6) is 0 Å². The largest absolute Gasteiger partial charge is 0.464 e. The van der Waals surface area contributed by atoms with Crippen molar-refractivity contribution in [1.82, 2.24) is 4.90 Å². The summed E-state index contributed by atoms with van der Waals surface area (Å²) < 4.78 is 5.05. The number of thioether (sulfide) groups is 1. The third-order valence-corrected chi connectivity index (χ3v) is 4.43. The van der Waals surface area contributed by atoms with Gasteiger partial charge >= 0.3 is 5.97 Å². The van der Waals surface area contributed by atoms with Crippen LogP contribution in [0.25, 0.3) is 0 Å². The highest BCUT2D eigenvalue weighted by Gasteiger charge is 2.42. The number of rotatable bonds is 4. The quantitative estimate of drug-likeness (QED) is 0.812. The Kier molecular flexibility index (Phi) is 7.21. The zero-order valence-electron chi connectivity index (χ0n) is 11.7. The van der Waals surface area contributed by atoms with E-state index in [4.69, 9.17) is 10.5 Å². The maximum absolute atomic E-state index is 12.1. The van der Waals surface area contributed by atoms with E-state index in [1.165, 1.54) is 0 Å². The number of carbonyl (C=O) groups is 2. The van der Waals surface area contributed by atoms with Crippen molar-refractivity contribution in [2.24, 2.45) is 5.73 Å². The van der Waals surface area contributed by atoms with E-state index >= 15 is 0 Å². The Hall–Kier alpha value is -1.05. The number of carbonyl (C=O) groups excluding carboxylic acids is 2. The van der Waals surface area contributed by atoms with Crippen molar-refractivity contribution < 1.29 is 14.3 Å². The molecule has 0 aliphatic carbocycles. The Morgan fingerprint density at radius 3 is 2.62 bits per heavy atom. The Bertz CT molecular complexity index is 486. The zero-order chi connectivity index (χ0) is 14.5. The van der Waals surface area contributed by atoms with Crippen molar-refractivity contribution in [2.45, 2.75) is 18.3 Å². The van der Waals surface area contributed by atoms with Crippen molar-refractivity contribution in [3.05, 3.63) is 35.9 Å². The molecule has 2 N–H and O–H groups in total. The number of halogens is 1. The molecule has 1 heterocycles. The van der Waals surface area contributed by atoms with E-state index in [-0.39, 0.29) is 40.8 Å². The first kappa shape index (κ1) is 18.0. The van der Waals surface area contributed by atoms with E-state index in [1.54, 1.807) is 23.6 Å². The van der Waals surface area contributed by atoms with Crippen molar-refractivity contribution in [1.29, 1.82) is 0 Å². The Balaban J connectivity index is 0.00000220. The van der Waals surface area contributed by atoms with Gasteiger partial charge in [0.1, 0.15) is 11.4 Å². The number of amides is 1. The predicted octanol–water partition coefficient (Wildman–Crippen LogP) is 1.73. The van der Waals surface area contributed by atoms with Crippen LogP contribution < -0.4 is 5.73 Å². The highest BCUT2D eigenvalue weighted by atomic mass is 79.9. The monoisotopic (exact) mass is 374 g/mol. The molecule has 2 unspecified atom stereocenters. The number of benzene rings is 1. The lowest BCUT2D eigenvalue weighted by Crippen LogP contribution is -2.46. The van der Waals surface area contributed by atoms with Crippen LogP contribution in [0.4, 0.5) is 0 Å². The van der Waals surface area contributed by atoms with Gasteiger partial charge in [0, 0.05) is 5.75 Å². The molecule has 0 radical (unpaired) electrons. The van der Waals surface area contributed by atoms with E-state index in [1.807, 2.05) is 30.3 Å². The second kappa shape index (κ2) is 8.41. The molecule has 7 heteroatoms. The first-order chi connectivity index (χ1) is 9.69. The van der Waals surface area contributed by atoms with Gasteiger partial charge in [-0.3, -0.25) is 4.79 Å². The minimum Gasteiger partial charge on any atom is -0.464 e. The van der Waals surface area contributed by atoms with Gasteiger partial charge in [0.2, 0.25) is 5.91 Å². The maximum Gasteiger partial charge on any atom is 0.329 e. The Labute approximate surface area is 139 Å². The fraction of sp³-hybridized carbons (Fsp3) is 0.429. The number of nitrogens with two attached hydrogens (primary N) is 1. The van der Waals surface area contributed by atoms with Crippen LogP contribution in [-0.4, -0.2) is 41.7 Å². The predicted molar refractivity (Wildman–Crippen MR) is 88.3 cm³/mol. The first-order valence-corrected chi connectivity index (χ1v) is 7.58. The molecule has 1 aliphatic heterocycles. The highest BCUT2D eigenvalue weighted by Crippen LogP contribution is 2.41. The normalized spacial score (nSPS) is 20.8. The van der Waals surface area contributed by atoms with Gasteiger partial charge in [0.25, 0.3) is 0 Å². The summed E-state index contributed by atoms with van der Waals surface area (Å²) >= 11 is 1.56. The number of hydrogen-bond donors (Lipinski definition) is 1. The number of nitrogens with zero attached hydrogens (tertiary/aromatic N) is 1. The molecule has 116 valence electrons. The fourth-order valence-corrected chi connectivity index (χ4v) is 3.65. The van der Waals surface area contributed by atoms with Gasteiger partial charge in [-0.15, -0.1) is 28.7 Å². The van der Waals surface area contributed by atoms with E-state index in [9.17, 15) is 9.59 Å². The smallest absolute Gasteiger partial charge is 0.329 e. The fourth-order valence-electron chi connectivity index (χ4n) is 2.21. The molecule has 1 aliphatic rings. The molecule has 0 aromatic heterocycles. The number of hydrogen-bond acceptors (Lipinski definition) is 5. The summed E-state index contributed by atoms with van der Waals surface area (Å²) in [5.74, 6) is -0.0634. The van der Waals surface area contributed by atoms with Crippen molar-refractivity contribution in [2.75, 3.05) is 18.9 Å². The summed E-state index contributed by atoms with van der Waals surface area (Å²) in [4.78, 5) is 25.6. The molecule has 5 nitrogen and oxygen atoms in total. The lowest BCUT2D eigenvalue weighted by molar-refractivity contribution is -0.153. The molecule has 0 spiro atoms. The van der Waals surface area contributed by atoms with Crippen LogP contribution in [0.3, 0.4) is 0 Å². The second-order valence-corrected chi connectivity index (χ2v) is 5.48. The van der Waals surface area contributed by atoms with Crippen LogP contribution in [0.2, 0.25) is 0 Å². The standard InChI is InChI=1S/C14H18N2O3S.BrH/c1-2-19-14(18)11-9-20-13(16(11)12(17)8-15)10-6-4-3-5-7-10;/h3-7,11,13H,2,8-9,15H2,1H3;1H. The minimum atomic E-state index is -0.554. The van der Waals surface area contributed by atoms with Gasteiger partial charge in [0.05, 0.1) is 13.2 Å². The van der Waals surface area contributed by atoms with Gasteiger partial charge in [-0.2, -0.15) is 0 Å². The van der Waals surface area contributed by atoms with Gasteiger partial charge in [-0.1, -0.05) is 30.3 Å². The molecule has 1 amide bonds. The van der Waals surface area contributed by atoms with E-state index in [0.29, 0.717) is 12.4 Å². The van der Waals surface area contributed by atoms with Crippen molar-refractivity contribution in [3.8, 4) is 0 Å². The van der Waals surface area contributed by atoms with Crippen LogP contribution in [0.1, 0.15) is 17.9 Å². The summed E-state index contributed by atoms with van der Waals surface area (Å²) in [5, 5.41) is -0.179. The van der Waals surface area contributed by atoms with Gasteiger partial charge in [0.15, 0.2) is 0 Å². The third kappa shape index (κ3) is 3.99. The summed E-state index contributed by atoms with van der Waals surface area (Å²) in [7, 11) is 0. The first-order valence-electron chi connectivity index (χ1n) is 6.53. The van der Waals surface area contributed by atoms with E-state index < -0.39 is 6.04 Å². The third-order valence-electron chi connectivity index (χ3n) is 3.11. The van der Waals surface area contributed by atoms with Crippen LogP contribution in [0, 0.1) is 0 Å². The lowest BCUT2D eigenvalue weighted by Gasteiger charge is -2.28. The van der Waals surface area contributed by atoms with Crippen LogP contribution in [0.15, 0.2) is 30.3 Å². The molecule has 1 saturated heterocycles. The number of esters is 1. The molecule has 2 rings (SSSR count). The molecular formula is C14H19BrN2O3S. The average Bonchev–Trinajstić information content (AvgIpc) is 2.92. The van der Waals surface area contributed by atoms with Crippen molar-refractivity contribution >= 4 is 40.6 Å². The highest BCUT2D eigenvalue weighted by molar-refractivity contribution is 8.93. The lowest BCUT2D eigenvalue weighted by atomic mass is 10.1. The second-order valence-electron chi connectivity index (χ2n) is 4.37. The molecule has 1 aromatic rings. The van der Waals surface area contributed by atoms with Crippen LogP contribution in [-0.2, 0) is 14.3 Å². The topological polar surface area (TPSA) is 72.6 Å². The van der Waals surface area contributed by atoms with Gasteiger partial charge < -0.3 is 15.4 Å².